The van der Waals surface area contributed by atoms with E-state index >= 15 is 0 Å². The molecule has 1 heterocycles. The normalized spacial score (nSPS) is 10.7. The Morgan fingerprint density at radius 3 is 2.79 bits per heavy atom. The Morgan fingerprint density at radius 1 is 1.37 bits per heavy atom. The monoisotopic (exact) mass is 300 g/mol. The van der Waals surface area contributed by atoms with Crippen LogP contribution >= 0.6 is 23.2 Å². The average molecular weight is 301 g/mol. The van der Waals surface area contributed by atoms with E-state index in [-0.39, 0.29) is 0 Å². The zero-order chi connectivity index (χ0) is 13.8. The van der Waals surface area contributed by atoms with E-state index in [4.69, 9.17) is 33.7 Å². The second kappa shape index (κ2) is 6.23. The van der Waals surface area contributed by atoms with Crippen molar-refractivity contribution in [2.45, 2.75) is 13.0 Å². The SMILES string of the molecule is Cn1cc(COc2c(Cl)cc(Cl)cc2CCN)nn1. The first-order chi connectivity index (χ1) is 9.10. The molecule has 2 aromatic rings. The van der Waals surface area contributed by atoms with Crippen molar-refractivity contribution in [3.05, 3.63) is 39.6 Å². The van der Waals surface area contributed by atoms with Crippen molar-refractivity contribution in [3.63, 3.8) is 0 Å². The largest absolute Gasteiger partial charge is 0.485 e. The van der Waals surface area contributed by atoms with Crippen molar-refractivity contribution in [1.82, 2.24) is 15.0 Å². The fourth-order valence-corrected chi connectivity index (χ4v) is 2.31. The van der Waals surface area contributed by atoms with Gasteiger partial charge in [-0.2, -0.15) is 0 Å². The smallest absolute Gasteiger partial charge is 0.141 e. The molecular formula is C12H14Cl2N4O. The van der Waals surface area contributed by atoms with Gasteiger partial charge in [0, 0.05) is 12.1 Å². The first kappa shape index (κ1) is 14.1. The van der Waals surface area contributed by atoms with Crippen LogP contribution in [0.1, 0.15) is 11.3 Å². The van der Waals surface area contributed by atoms with Crippen molar-refractivity contribution < 1.29 is 4.74 Å². The second-order valence-corrected chi connectivity index (χ2v) is 4.93. The lowest BCUT2D eigenvalue weighted by molar-refractivity contribution is 0.298. The quantitative estimate of drug-likeness (QED) is 0.919. The first-order valence-corrected chi connectivity index (χ1v) is 6.51. The van der Waals surface area contributed by atoms with Crippen LogP contribution in [-0.4, -0.2) is 21.5 Å². The van der Waals surface area contributed by atoms with Crippen LogP contribution in [0.25, 0.3) is 0 Å². The molecule has 0 aliphatic heterocycles. The molecular weight excluding hydrogens is 287 g/mol. The van der Waals surface area contributed by atoms with E-state index in [0.29, 0.717) is 35.4 Å². The predicted molar refractivity (Wildman–Crippen MR) is 74.6 cm³/mol. The first-order valence-electron chi connectivity index (χ1n) is 5.76. The van der Waals surface area contributed by atoms with Crippen molar-refractivity contribution in [3.8, 4) is 5.75 Å². The highest BCUT2D eigenvalue weighted by atomic mass is 35.5. The number of aryl methyl sites for hydroxylation is 1. The molecule has 0 radical (unpaired) electrons. The number of halogens is 2. The molecule has 1 aromatic carbocycles. The lowest BCUT2D eigenvalue weighted by Crippen LogP contribution is -2.06. The molecule has 7 heteroatoms. The standard InChI is InChI=1S/C12H14Cl2N4O/c1-18-6-10(16-17-18)7-19-12-8(2-3-15)4-9(13)5-11(12)14/h4-6H,2-3,7,15H2,1H3. The van der Waals surface area contributed by atoms with Gasteiger partial charge in [0.25, 0.3) is 0 Å². The van der Waals surface area contributed by atoms with Gasteiger partial charge in [-0.25, -0.2) is 0 Å². The second-order valence-electron chi connectivity index (χ2n) is 4.09. The van der Waals surface area contributed by atoms with Gasteiger partial charge in [-0.3, -0.25) is 4.68 Å². The molecule has 5 nitrogen and oxygen atoms in total. The van der Waals surface area contributed by atoms with Gasteiger partial charge in [0.05, 0.1) is 11.2 Å². The van der Waals surface area contributed by atoms with Gasteiger partial charge < -0.3 is 10.5 Å². The fourth-order valence-electron chi connectivity index (χ4n) is 1.72. The number of nitrogens with two attached hydrogens (primary N) is 1. The summed E-state index contributed by atoms with van der Waals surface area (Å²) >= 11 is 12.1. The third kappa shape index (κ3) is 3.59. The number of nitrogens with zero attached hydrogens (tertiary/aromatic N) is 3. The number of rotatable bonds is 5. The van der Waals surface area contributed by atoms with Gasteiger partial charge in [0.1, 0.15) is 18.1 Å². The summed E-state index contributed by atoms with van der Waals surface area (Å²) in [4.78, 5) is 0. The maximum atomic E-state index is 6.15. The van der Waals surface area contributed by atoms with Crippen LogP contribution in [0.15, 0.2) is 18.3 Å². The minimum absolute atomic E-state index is 0.298. The Kier molecular flexibility index (Phi) is 4.63. The lowest BCUT2D eigenvalue weighted by Gasteiger charge is -2.12. The van der Waals surface area contributed by atoms with E-state index in [1.165, 1.54) is 0 Å². The molecule has 0 bridgehead atoms. The number of hydrogen-bond donors (Lipinski definition) is 1. The Hall–Kier alpha value is -1.30. The topological polar surface area (TPSA) is 66.0 Å². The highest BCUT2D eigenvalue weighted by Gasteiger charge is 2.11. The summed E-state index contributed by atoms with van der Waals surface area (Å²) in [5.74, 6) is 0.599. The van der Waals surface area contributed by atoms with Crippen LogP contribution in [0.5, 0.6) is 5.75 Å². The summed E-state index contributed by atoms with van der Waals surface area (Å²) in [7, 11) is 1.80. The van der Waals surface area contributed by atoms with E-state index in [1.807, 2.05) is 6.07 Å². The summed E-state index contributed by atoms with van der Waals surface area (Å²) in [6, 6.07) is 3.46. The van der Waals surface area contributed by atoms with E-state index in [0.717, 1.165) is 11.3 Å². The molecule has 102 valence electrons. The van der Waals surface area contributed by atoms with Crippen LogP contribution in [-0.2, 0) is 20.1 Å². The van der Waals surface area contributed by atoms with Gasteiger partial charge >= 0.3 is 0 Å². The van der Waals surface area contributed by atoms with Crippen LogP contribution < -0.4 is 10.5 Å². The number of aromatic nitrogens is 3. The maximum Gasteiger partial charge on any atom is 0.141 e. The molecule has 0 unspecified atom stereocenters. The number of hydrogen-bond acceptors (Lipinski definition) is 4. The summed E-state index contributed by atoms with van der Waals surface area (Å²) in [5.41, 5.74) is 7.19. The summed E-state index contributed by atoms with van der Waals surface area (Å²) < 4.78 is 7.33. The molecule has 2 rings (SSSR count). The summed E-state index contributed by atoms with van der Waals surface area (Å²) in [6.07, 6.45) is 2.43. The molecule has 0 aliphatic carbocycles. The lowest BCUT2D eigenvalue weighted by atomic mass is 10.1. The van der Waals surface area contributed by atoms with Crippen LogP contribution in [0.2, 0.25) is 10.0 Å². The third-order valence-electron chi connectivity index (χ3n) is 2.51. The molecule has 1 aromatic heterocycles. The Morgan fingerprint density at radius 2 is 2.16 bits per heavy atom. The van der Waals surface area contributed by atoms with Gasteiger partial charge in [0.15, 0.2) is 0 Å². The third-order valence-corrected chi connectivity index (χ3v) is 3.01. The summed E-state index contributed by atoms with van der Waals surface area (Å²) in [6.45, 7) is 0.797. The molecule has 2 N–H and O–H groups in total. The van der Waals surface area contributed by atoms with E-state index in [1.54, 1.807) is 24.0 Å². The molecule has 0 amide bonds. The molecule has 0 saturated heterocycles. The molecule has 19 heavy (non-hydrogen) atoms. The number of ether oxygens (including phenoxy) is 1. The molecule has 0 saturated carbocycles. The van der Waals surface area contributed by atoms with E-state index < -0.39 is 0 Å². The minimum atomic E-state index is 0.298. The van der Waals surface area contributed by atoms with Gasteiger partial charge in [0.2, 0.25) is 0 Å². The predicted octanol–water partition coefficient (Wildman–Crippen LogP) is 2.20. The zero-order valence-corrected chi connectivity index (χ0v) is 11.9. The Labute approximate surface area is 121 Å². The highest BCUT2D eigenvalue weighted by Crippen LogP contribution is 2.33. The van der Waals surface area contributed by atoms with Crippen LogP contribution in [0.4, 0.5) is 0 Å². The molecule has 0 fully saturated rings. The maximum absolute atomic E-state index is 6.15. The van der Waals surface area contributed by atoms with Crippen molar-refractivity contribution >= 4 is 23.2 Å². The van der Waals surface area contributed by atoms with E-state index in [2.05, 4.69) is 10.3 Å². The Balaban J connectivity index is 2.18. The highest BCUT2D eigenvalue weighted by molar-refractivity contribution is 6.35. The van der Waals surface area contributed by atoms with Gasteiger partial charge in [-0.15, -0.1) is 5.10 Å². The molecule has 0 spiro atoms. The average Bonchev–Trinajstić information content (AvgIpc) is 2.74. The Bertz CT molecular complexity index is 571. The molecule has 0 aliphatic rings. The number of benzene rings is 1. The summed E-state index contributed by atoms with van der Waals surface area (Å²) in [5, 5.41) is 8.83. The minimum Gasteiger partial charge on any atom is -0.485 e. The van der Waals surface area contributed by atoms with Crippen molar-refractivity contribution in [2.24, 2.45) is 12.8 Å². The van der Waals surface area contributed by atoms with Gasteiger partial charge in [-0.1, -0.05) is 28.4 Å². The van der Waals surface area contributed by atoms with Crippen molar-refractivity contribution in [1.29, 1.82) is 0 Å². The zero-order valence-electron chi connectivity index (χ0n) is 10.4. The van der Waals surface area contributed by atoms with E-state index in [9.17, 15) is 0 Å². The van der Waals surface area contributed by atoms with Crippen LogP contribution in [0.3, 0.4) is 0 Å². The fraction of sp³-hybridized carbons (Fsp3) is 0.333. The van der Waals surface area contributed by atoms with Crippen molar-refractivity contribution in [2.75, 3.05) is 6.54 Å². The van der Waals surface area contributed by atoms with Gasteiger partial charge in [-0.05, 0) is 30.7 Å². The van der Waals surface area contributed by atoms with Crippen LogP contribution in [0, 0.1) is 0 Å². The molecule has 0 atom stereocenters.